The molecule has 1 saturated heterocycles. The summed E-state index contributed by atoms with van der Waals surface area (Å²) in [6.07, 6.45) is -0.702. The van der Waals surface area contributed by atoms with Crippen molar-refractivity contribution in [3.8, 4) is 0 Å². The van der Waals surface area contributed by atoms with E-state index in [0.29, 0.717) is 29.8 Å². The van der Waals surface area contributed by atoms with Crippen LogP contribution in [0.25, 0.3) is 11.0 Å². The lowest BCUT2D eigenvalue weighted by Crippen LogP contribution is -2.42. The molecule has 6 nitrogen and oxygen atoms in total. The van der Waals surface area contributed by atoms with Gasteiger partial charge in [0.2, 0.25) is 0 Å². The van der Waals surface area contributed by atoms with Crippen LogP contribution in [0.4, 0.5) is 19.0 Å². The second-order valence-electron chi connectivity index (χ2n) is 5.35. The second kappa shape index (κ2) is 5.71. The third kappa shape index (κ3) is 2.72. The van der Waals surface area contributed by atoms with Crippen LogP contribution in [0.3, 0.4) is 0 Å². The molecule has 0 aromatic carbocycles. The summed E-state index contributed by atoms with van der Waals surface area (Å²) < 4.78 is 40.4. The molecule has 0 spiro atoms. The molecule has 1 aliphatic rings. The summed E-state index contributed by atoms with van der Waals surface area (Å²) in [4.78, 5) is 9.91. The first-order chi connectivity index (χ1) is 10.5. The normalized spacial score (nSPS) is 19.8. The van der Waals surface area contributed by atoms with Gasteiger partial charge in [0.05, 0.1) is 30.7 Å². The molecule has 120 valence electrons. The number of nitrogens with zero attached hydrogens (tertiary/aromatic N) is 5. The van der Waals surface area contributed by atoms with Crippen LogP contribution in [0.2, 0.25) is 0 Å². The average Bonchev–Trinajstić information content (AvgIpc) is 2.90. The number of aliphatic hydroxyl groups excluding tert-OH is 1. The van der Waals surface area contributed by atoms with E-state index in [2.05, 4.69) is 15.1 Å². The molecule has 3 rings (SSSR count). The fourth-order valence-corrected chi connectivity index (χ4v) is 2.83. The molecular formula is C13H16F3N5O. The van der Waals surface area contributed by atoms with Crippen LogP contribution in [0.15, 0.2) is 12.5 Å². The van der Waals surface area contributed by atoms with Crippen molar-refractivity contribution in [2.45, 2.75) is 25.6 Å². The molecule has 2 aromatic rings. The van der Waals surface area contributed by atoms with E-state index in [0.717, 1.165) is 0 Å². The van der Waals surface area contributed by atoms with Gasteiger partial charge in [0.25, 0.3) is 0 Å². The number of rotatable bonds is 3. The zero-order chi connectivity index (χ0) is 15.7. The van der Waals surface area contributed by atoms with E-state index < -0.39 is 12.1 Å². The molecule has 9 heteroatoms. The highest BCUT2D eigenvalue weighted by Crippen LogP contribution is 2.35. The molecule has 1 aliphatic heterocycles. The SMILES string of the molecule is OCCn1ncc2c(N3CCC[C@@H](C(F)(F)F)C3)ncnc21. The molecule has 0 unspecified atom stereocenters. The number of aromatic nitrogens is 4. The quantitative estimate of drug-likeness (QED) is 0.932. The maximum atomic E-state index is 12.9. The Morgan fingerprint density at radius 3 is 2.86 bits per heavy atom. The number of piperidine rings is 1. The first-order valence-corrected chi connectivity index (χ1v) is 7.09. The van der Waals surface area contributed by atoms with E-state index >= 15 is 0 Å². The Balaban J connectivity index is 1.93. The van der Waals surface area contributed by atoms with E-state index in [1.165, 1.54) is 17.2 Å². The van der Waals surface area contributed by atoms with Gasteiger partial charge in [-0.25, -0.2) is 14.6 Å². The van der Waals surface area contributed by atoms with Crippen LogP contribution in [0.5, 0.6) is 0 Å². The predicted octanol–water partition coefficient (Wildman–Crippen LogP) is 1.60. The van der Waals surface area contributed by atoms with Crippen molar-refractivity contribution in [2.75, 3.05) is 24.6 Å². The molecule has 1 fully saturated rings. The summed E-state index contributed by atoms with van der Waals surface area (Å²) in [5.41, 5.74) is 0.521. The van der Waals surface area contributed by atoms with Gasteiger partial charge >= 0.3 is 6.18 Å². The van der Waals surface area contributed by atoms with Gasteiger partial charge < -0.3 is 10.0 Å². The number of halogens is 3. The monoisotopic (exact) mass is 315 g/mol. The lowest BCUT2D eigenvalue weighted by atomic mass is 9.97. The molecule has 0 amide bonds. The summed E-state index contributed by atoms with van der Waals surface area (Å²) >= 11 is 0. The Bertz CT molecular complexity index is 657. The van der Waals surface area contributed by atoms with Crippen LogP contribution >= 0.6 is 0 Å². The third-order valence-corrected chi connectivity index (χ3v) is 3.91. The van der Waals surface area contributed by atoms with Crippen molar-refractivity contribution >= 4 is 16.9 Å². The van der Waals surface area contributed by atoms with Gasteiger partial charge in [-0.2, -0.15) is 18.3 Å². The van der Waals surface area contributed by atoms with Crippen LogP contribution < -0.4 is 4.90 Å². The standard InChI is InChI=1S/C13H16F3N5O/c14-13(15,16)9-2-1-3-20(7-9)11-10-6-19-21(4-5-22)12(10)18-8-17-11/h6,8-9,22H,1-5,7H2/t9-/m1/s1. The third-order valence-electron chi connectivity index (χ3n) is 3.91. The zero-order valence-corrected chi connectivity index (χ0v) is 11.8. The lowest BCUT2D eigenvalue weighted by molar-refractivity contribution is -0.176. The summed E-state index contributed by atoms with van der Waals surface area (Å²) in [7, 11) is 0. The van der Waals surface area contributed by atoms with Gasteiger partial charge in [0, 0.05) is 13.1 Å². The lowest BCUT2D eigenvalue weighted by Gasteiger charge is -2.34. The van der Waals surface area contributed by atoms with Gasteiger partial charge in [0.1, 0.15) is 12.1 Å². The van der Waals surface area contributed by atoms with Crippen molar-refractivity contribution < 1.29 is 18.3 Å². The highest BCUT2D eigenvalue weighted by molar-refractivity contribution is 5.86. The molecule has 0 radical (unpaired) electrons. The van der Waals surface area contributed by atoms with E-state index in [4.69, 9.17) is 5.11 Å². The molecule has 3 heterocycles. The topological polar surface area (TPSA) is 67.1 Å². The molecular weight excluding hydrogens is 299 g/mol. The average molecular weight is 315 g/mol. The maximum absolute atomic E-state index is 12.9. The van der Waals surface area contributed by atoms with Crippen LogP contribution in [0.1, 0.15) is 12.8 Å². The first-order valence-electron chi connectivity index (χ1n) is 7.09. The van der Waals surface area contributed by atoms with Crippen LogP contribution in [0, 0.1) is 5.92 Å². The van der Waals surface area contributed by atoms with Gasteiger partial charge in [0.15, 0.2) is 5.65 Å². The molecule has 0 saturated carbocycles. The Morgan fingerprint density at radius 2 is 2.14 bits per heavy atom. The zero-order valence-electron chi connectivity index (χ0n) is 11.8. The smallest absolute Gasteiger partial charge is 0.393 e. The second-order valence-corrected chi connectivity index (χ2v) is 5.35. The number of hydrogen-bond acceptors (Lipinski definition) is 5. The number of fused-ring (bicyclic) bond motifs is 1. The summed E-state index contributed by atoms with van der Waals surface area (Å²) in [6.45, 7) is 0.631. The Hall–Kier alpha value is -1.90. The molecule has 1 atom stereocenters. The number of alkyl halides is 3. The van der Waals surface area contributed by atoms with Gasteiger partial charge in [-0.15, -0.1) is 0 Å². The van der Waals surface area contributed by atoms with Gasteiger partial charge in [-0.3, -0.25) is 0 Å². The van der Waals surface area contributed by atoms with E-state index in [1.807, 2.05) is 0 Å². The summed E-state index contributed by atoms with van der Waals surface area (Å²) in [5.74, 6) is -0.859. The van der Waals surface area contributed by atoms with Crippen molar-refractivity contribution in [1.29, 1.82) is 0 Å². The molecule has 2 aromatic heterocycles. The summed E-state index contributed by atoms with van der Waals surface area (Å²) in [6, 6.07) is 0. The summed E-state index contributed by atoms with van der Waals surface area (Å²) in [5, 5.41) is 13.7. The van der Waals surface area contributed by atoms with Crippen LogP contribution in [-0.2, 0) is 6.54 Å². The van der Waals surface area contributed by atoms with Crippen molar-refractivity contribution in [1.82, 2.24) is 19.7 Å². The Morgan fingerprint density at radius 1 is 1.32 bits per heavy atom. The largest absolute Gasteiger partial charge is 0.394 e. The molecule has 0 aliphatic carbocycles. The van der Waals surface area contributed by atoms with Crippen molar-refractivity contribution in [3.05, 3.63) is 12.5 Å². The van der Waals surface area contributed by atoms with Crippen molar-refractivity contribution in [2.24, 2.45) is 5.92 Å². The number of anilines is 1. The minimum atomic E-state index is -4.19. The fourth-order valence-electron chi connectivity index (χ4n) is 2.83. The van der Waals surface area contributed by atoms with Crippen LogP contribution in [-0.4, -0.2) is 50.7 Å². The highest BCUT2D eigenvalue weighted by Gasteiger charge is 2.42. The van der Waals surface area contributed by atoms with E-state index in [9.17, 15) is 13.2 Å². The first kappa shape index (κ1) is 15.0. The number of aliphatic hydroxyl groups is 1. The molecule has 0 bridgehead atoms. The minimum Gasteiger partial charge on any atom is -0.394 e. The van der Waals surface area contributed by atoms with Gasteiger partial charge in [-0.1, -0.05) is 0 Å². The fraction of sp³-hybridized carbons (Fsp3) is 0.615. The van der Waals surface area contributed by atoms with Crippen molar-refractivity contribution in [3.63, 3.8) is 0 Å². The molecule has 1 N–H and O–H groups in total. The Kier molecular flexibility index (Phi) is 3.90. The van der Waals surface area contributed by atoms with Gasteiger partial charge in [-0.05, 0) is 12.8 Å². The van der Waals surface area contributed by atoms with E-state index in [-0.39, 0.29) is 26.1 Å². The minimum absolute atomic E-state index is 0.0873. The Labute approximate surface area is 124 Å². The van der Waals surface area contributed by atoms with E-state index in [1.54, 1.807) is 4.90 Å². The molecule has 22 heavy (non-hydrogen) atoms. The maximum Gasteiger partial charge on any atom is 0.393 e. The number of hydrogen-bond donors (Lipinski definition) is 1. The highest BCUT2D eigenvalue weighted by atomic mass is 19.4. The predicted molar refractivity (Wildman–Crippen MR) is 73.4 cm³/mol.